The fraction of sp³-hybridized carbons (Fsp3) is 0.190. The lowest BCUT2D eigenvalue weighted by Gasteiger charge is -2.12. The number of alkyl halides is 3. The number of fused-ring (bicyclic) bond motifs is 3. The second kappa shape index (κ2) is 8.31. The molecule has 0 fully saturated rings. The van der Waals surface area contributed by atoms with Gasteiger partial charge in [-0.25, -0.2) is 0 Å². The molecule has 1 aromatic heterocycles. The molecule has 3 aromatic rings. The van der Waals surface area contributed by atoms with Crippen molar-refractivity contribution in [2.45, 2.75) is 26.6 Å². The summed E-state index contributed by atoms with van der Waals surface area (Å²) in [5.74, 6) is -0.215. The van der Waals surface area contributed by atoms with Crippen LogP contribution in [0.4, 0.5) is 13.2 Å². The third-order valence-electron chi connectivity index (χ3n) is 4.31. The van der Waals surface area contributed by atoms with Gasteiger partial charge in [0.25, 0.3) is 5.97 Å². The number of hydrogen-bond acceptors (Lipinski definition) is 4. The molecule has 156 valence electrons. The summed E-state index contributed by atoms with van der Waals surface area (Å²) in [4.78, 5) is 13.6. The Balaban J connectivity index is 0.000000589. The average Bonchev–Trinajstić information content (AvgIpc) is 2.93. The molecule has 0 aliphatic carbocycles. The zero-order valence-electron chi connectivity index (χ0n) is 15.9. The van der Waals surface area contributed by atoms with Crippen molar-refractivity contribution in [2.24, 2.45) is 4.99 Å². The number of halogens is 4. The van der Waals surface area contributed by atoms with E-state index in [0.29, 0.717) is 22.1 Å². The number of carbonyl (C=O) groups is 1. The van der Waals surface area contributed by atoms with E-state index in [1.807, 2.05) is 13.0 Å². The molecule has 0 radical (unpaired) electrons. The van der Waals surface area contributed by atoms with E-state index in [0.717, 1.165) is 41.4 Å². The van der Waals surface area contributed by atoms with Gasteiger partial charge in [-0.3, -0.25) is 9.79 Å². The van der Waals surface area contributed by atoms with Crippen LogP contribution in [0, 0.1) is 6.92 Å². The maximum absolute atomic E-state index is 12.8. The lowest BCUT2D eigenvalue weighted by molar-refractivity contribution is -0.137. The van der Waals surface area contributed by atoms with Crippen molar-refractivity contribution in [3.05, 3.63) is 75.6 Å². The molecule has 0 amide bonds. The molecule has 30 heavy (non-hydrogen) atoms. The second-order valence-electron chi connectivity index (χ2n) is 6.52. The van der Waals surface area contributed by atoms with Crippen molar-refractivity contribution in [1.82, 2.24) is 5.16 Å². The number of aryl methyl sites for hydroxylation is 1. The molecule has 1 aliphatic heterocycles. The third-order valence-corrected chi connectivity index (χ3v) is 4.54. The van der Waals surface area contributed by atoms with E-state index in [1.165, 1.54) is 12.1 Å². The van der Waals surface area contributed by atoms with Crippen molar-refractivity contribution in [3.63, 3.8) is 0 Å². The van der Waals surface area contributed by atoms with E-state index in [-0.39, 0.29) is 6.54 Å². The molecule has 0 saturated carbocycles. The van der Waals surface area contributed by atoms with E-state index in [4.69, 9.17) is 26.0 Å². The van der Waals surface area contributed by atoms with Crippen LogP contribution in [0.5, 0.6) is 0 Å². The Hall–Kier alpha value is -3.13. The first-order valence-corrected chi connectivity index (χ1v) is 9.12. The highest BCUT2D eigenvalue weighted by molar-refractivity contribution is 6.31. The van der Waals surface area contributed by atoms with Gasteiger partial charge in [0, 0.05) is 23.1 Å². The number of aliphatic carboxylic acids is 1. The highest BCUT2D eigenvalue weighted by Gasteiger charge is 2.30. The minimum atomic E-state index is -4.38. The van der Waals surface area contributed by atoms with Crippen LogP contribution in [-0.4, -0.2) is 21.9 Å². The number of aliphatic imine (C=N–C) groups is 1. The first-order valence-electron chi connectivity index (χ1n) is 8.75. The Morgan fingerprint density at radius 2 is 1.77 bits per heavy atom. The monoisotopic (exact) mass is 436 g/mol. The molecule has 2 aromatic carbocycles. The minimum Gasteiger partial charge on any atom is -0.481 e. The van der Waals surface area contributed by atoms with Crippen LogP contribution in [0.15, 0.2) is 52.0 Å². The van der Waals surface area contributed by atoms with Gasteiger partial charge in [-0.15, -0.1) is 0 Å². The van der Waals surface area contributed by atoms with Crippen LogP contribution in [-0.2, 0) is 17.5 Å². The van der Waals surface area contributed by atoms with E-state index in [9.17, 15) is 13.2 Å². The summed E-state index contributed by atoms with van der Waals surface area (Å²) < 4.78 is 43.9. The highest BCUT2D eigenvalue weighted by atomic mass is 35.5. The van der Waals surface area contributed by atoms with Crippen LogP contribution in [0.25, 0.3) is 11.1 Å². The van der Waals surface area contributed by atoms with Gasteiger partial charge in [-0.1, -0.05) is 35.0 Å². The summed E-state index contributed by atoms with van der Waals surface area (Å²) in [5.41, 5.74) is 3.62. The Bertz CT molecular complexity index is 1120. The van der Waals surface area contributed by atoms with Crippen LogP contribution >= 0.6 is 11.6 Å². The molecular formula is C21H16ClF3N2O3. The molecule has 0 bridgehead atoms. The molecule has 0 unspecified atom stereocenters. The summed E-state index contributed by atoms with van der Waals surface area (Å²) >= 11 is 6.17. The van der Waals surface area contributed by atoms with Gasteiger partial charge in [0.2, 0.25) is 0 Å². The number of nitrogens with zero attached hydrogens (tertiary/aromatic N) is 2. The van der Waals surface area contributed by atoms with Gasteiger partial charge in [0.15, 0.2) is 5.76 Å². The number of rotatable bonds is 1. The number of benzene rings is 2. The fourth-order valence-electron chi connectivity index (χ4n) is 3.10. The predicted molar refractivity (Wildman–Crippen MR) is 106 cm³/mol. The average molecular weight is 437 g/mol. The zero-order valence-corrected chi connectivity index (χ0v) is 16.7. The molecular weight excluding hydrogens is 421 g/mol. The van der Waals surface area contributed by atoms with Crippen molar-refractivity contribution in [3.8, 4) is 11.1 Å². The first kappa shape index (κ1) is 21.6. The Morgan fingerprint density at radius 3 is 2.37 bits per heavy atom. The summed E-state index contributed by atoms with van der Waals surface area (Å²) in [5, 5.41) is 11.9. The lowest BCUT2D eigenvalue weighted by Crippen LogP contribution is -2.08. The van der Waals surface area contributed by atoms with Gasteiger partial charge < -0.3 is 9.63 Å². The molecule has 1 aliphatic rings. The zero-order chi connectivity index (χ0) is 22.1. The van der Waals surface area contributed by atoms with Crippen LogP contribution < -0.4 is 0 Å². The SMILES string of the molecule is CC(=O)O.Cc1noc2c1-c1ccc(Cl)cc1C(c1ccc(C(F)(F)F)cc1)=NC2. The molecule has 4 rings (SSSR count). The quantitative estimate of drug-likeness (QED) is 0.526. The van der Waals surface area contributed by atoms with E-state index in [1.54, 1.807) is 12.1 Å². The summed E-state index contributed by atoms with van der Waals surface area (Å²) in [7, 11) is 0. The van der Waals surface area contributed by atoms with E-state index >= 15 is 0 Å². The van der Waals surface area contributed by atoms with Crippen molar-refractivity contribution in [1.29, 1.82) is 0 Å². The maximum atomic E-state index is 12.8. The van der Waals surface area contributed by atoms with Crippen LogP contribution in [0.2, 0.25) is 5.02 Å². The molecule has 0 saturated heterocycles. The number of aromatic nitrogens is 1. The fourth-order valence-corrected chi connectivity index (χ4v) is 3.27. The Morgan fingerprint density at radius 1 is 1.13 bits per heavy atom. The van der Waals surface area contributed by atoms with Gasteiger partial charge in [-0.2, -0.15) is 13.2 Å². The smallest absolute Gasteiger partial charge is 0.416 e. The predicted octanol–water partition coefficient (Wildman–Crippen LogP) is 5.76. The van der Waals surface area contributed by atoms with E-state index in [2.05, 4.69) is 10.1 Å². The molecule has 0 spiro atoms. The second-order valence-corrected chi connectivity index (χ2v) is 6.95. The summed E-state index contributed by atoms with van der Waals surface area (Å²) in [6, 6.07) is 10.3. The summed E-state index contributed by atoms with van der Waals surface area (Å²) in [6.07, 6.45) is -4.38. The van der Waals surface area contributed by atoms with Crippen LogP contribution in [0.3, 0.4) is 0 Å². The highest BCUT2D eigenvalue weighted by Crippen LogP contribution is 2.37. The molecule has 9 heteroatoms. The number of carboxylic acids is 1. The molecule has 0 atom stereocenters. The van der Waals surface area contributed by atoms with Crippen molar-refractivity contribution >= 4 is 23.3 Å². The number of hydrogen-bond donors (Lipinski definition) is 1. The van der Waals surface area contributed by atoms with Gasteiger partial charge in [-0.05, 0) is 36.8 Å². The first-order chi connectivity index (χ1) is 14.1. The van der Waals surface area contributed by atoms with Gasteiger partial charge in [0.05, 0.1) is 22.5 Å². The molecule has 1 N–H and O–H groups in total. The van der Waals surface area contributed by atoms with E-state index < -0.39 is 17.7 Å². The topological polar surface area (TPSA) is 75.7 Å². The Labute approximate surface area is 174 Å². The number of carboxylic acid groups (broad SMARTS) is 1. The maximum Gasteiger partial charge on any atom is 0.416 e. The third kappa shape index (κ3) is 4.54. The molecule has 2 heterocycles. The molecule has 5 nitrogen and oxygen atoms in total. The largest absolute Gasteiger partial charge is 0.481 e. The standard InChI is InChI=1S/C19H12ClF3N2O.C2H4O2/c1-10-17-14-7-6-13(20)8-15(14)18(24-9-16(17)26-25-10)11-2-4-12(5-3-11)19(21,22)23;1-2(3)4/h2-8H,9H2,1H3;1H3,(H,3,4). The summed E-state index contributed by atoms with van der Waals surface area (Å²) in [6.45, 7) is 3.17. The lowest BCUT2D eigenvalue weighted by atomic mass is 9.93. The van der Waals surface area contributed by atoms with Gasteiger partial charge in [0.1, 0.15) is 6.54 Å². The van der Waals surface area contributed by atoms with Crippen molar-refractivity contribution < 1.29 is 27.6 Å². The van der Waals surface area contributed by atoms with Gasteiger partial charge >= 0.3 is 6.18 Å². The normalized spacial score (nSPS) is 12.7. The minimum absolute atomic E-state index is 0.249. The van der Waals surface area contributed by atoms with Crippen molar-refractivity contribution in [2.75, 3.05) is 0 Å². The Kier molecular flexibility index (Phi) is 5.98. The van der Waals surface area contributed by atoms with Crippen LogP contribution in [0.1, 0.15) is 35.1 Å².